The number of anilines is 1. The third-order valence-corrected chi connectivity index (χ3v) is 4.75. The predicted octanol–water partition coefficient (Wildman–Crippen LogP) is 2.40. The van der Waals surface area contributed by atoms with E-state index in [9.17, 15) is 0 Å². The number of nitrogens with zero attached hydrogens (tertiary/aromatic N) is 2. The number of ether oxygens (including phenoxy) is 2. The van der Waals surface area contributed by atoms with E-state index in [4.69, 9.17) is 14.5 Å². The van der Waals surface area contributed by atoms with Gasteiger partial charge in [0.05, 0.1) is 18.4 Å². The Hall–Kier alpha value is -0.690. The Morgan fingerprint density at radius 2 is 2.33 bits per heavy atom. The molecule has 0 bridgehead atoms. The molecule has 2 rings (SSSR count). The molecule has 1 saturated heterocycles. The van der Waals surface area contributed by atoms with Crippen LogP contribution in [0.25, 0.3) is 0 Å². The first-order valence-electron chi connectivity index (χ1n) is 7.77. The van der Waals surface area contributed by atoms with E-state index >= 15 is 0 Å². The second-order valence-electron chi connectivity index (χ2n) is 5.41. The summed E-state index contributed by atoms with van der Waals surface area (Å²) in [6.07, 6.45) is 3.77. The summed E-state index contributed by atoms with van der Waals surface area (Å²) >= 11 is 1.77. The molecule has 1 N–H and O–H groups in total. The highest BCUT2D eigenvalue weighted by atomic mass is 32.1. The highest BCUT2D eigenvalue weighted by Crippen LogP contribution is 2.29. The normalized spacial score (nSPS) is 19.2. The Balaban J connectivity index is 2.04. The summed E-state index contributed by atoms with van der Waals surface area (Å²) in [6.45, 7) is 6.47. The lowest BCUT2D eigenvalue weighted by atomic mass is 10.1. The van der Waals surface area contributed by atoms with Gasteiger partial charge in [-0.3, -0.25) is 0 Å². The summed E-state index contributed by atoms with van der Waals surface area (Å²) in [7, 11) is 3.68. The van der Waals surface area contributed by atoms with Gasteiger partial charge in [0, 0.05) is 38.2 Å². The summed E-state index contributed by atoms with van der Waals surface area (Å²) in [5.41, 5.74) is 1.06. The van der Waals surface area contributed by atoms with Crippen LogP contribution in [0.15, 0.2) is 0 Å². The number of rotatable bonds is 8. The van der Waals surface area contributed by atoms with Crippen molar-refractivity contribution in [3.63, 3.8) is 0 Å². The van der Waals surface area contributed by atoms with Crippen molar-refractivity contribution in [1.82, 2.24) is 10.3 Å². The van der Waals surface area contributed by atoms with Crippen molar-refractivity contribution in [2.45, 2.75) is 45.4 Å². The standard InChI is InChI=1S/C15H27N3O2S/c1-4-8-20-12-6-5-7-18(10-12)15-17-13(11-19-3)14(21-15)9-16-2/h12,16H,4-11H2,1-3H3. The number of thiazole rings is 1. The molecule has 0 spiro atoms. The largest absolute Gasteiger partial charge is 0.378 e. The third kappa shape index (κ3) is 4.64. The van der Waals surface area contributed by atoms with Crippen molar-refractivity contribution < 1.29 is 9.47 Å². The van der Waals surface area contributed by atoms with Crippen LogP contribution >= 0.6 is 11.3 Å². The lowest BCUT2D eigenvalue weighted by molar-refractivity contribution is 0.0440. The Kier molecular flexibility index (Phi) is 6.89. The van der Waals surface area contributed by atoms with Crippen LogP contribution in [0.3, 0.4) is 0 Å². The monoisotopic (exact) mass is 313 g/mol. The maximum absolute atomic E-state index is 5.91. The topological polar surface area (TPSA) is 46.6 Å². The van der Waals surface area contributed by atoms with Crippen molar-refractivity contribution in [3.05, 3.63) is 10.6 Å². The molecule has 1 unspecified atom stereocenters. The number of piperidine rings is 1. The molecule has 1 fully saturated rings. The molecule has 2 heterocycles. The minimum absolute atomic E-state index is 0.348. The van der Waals surface area contributed by atoms with E-state index < -0.39 is 0 Å². The number of hydrogen-bond acceptors (Lipinski definition) is 6. The van der Waals surface area contributed by atoms with Crippen LogP contribution in [0, 0.1) is 0 Å². The van der Waals surface area contributed by atoms with Crippen LogP contribution in [0.1, 0.15) is 36.8 Å². The molecular weight excluding hydrogens is 286 g/mol. The van der Waals surface area contributed by atoms with Gasteiger partial charge < -0.3 is 19.7 Å². The second-order valence-corrected chi connectivity index (χ2v) is 6.47. The quantitative estimate of drug-likeness (QED) is 0.798. The van der Waals surface area contributed by atoms with Crippen LogP contribution in [0.5, 0.6) is 0 Å². The zero-order valence-electron chi connectivity index (χ0n) is 13.4. The number of hydrogen-bond donors (Lipinski definition) is 1. The van der Waals surface area contributed by atoms with Gasteiger partial charge >= 0.3 is 0 Å². The Morgan fingerprint density at radius 1 is 1.48 bits per heavy atom. The number of aromatic nitrogens is 1. The Bertz CT molecular complexity index is 402. The van der Waals surface area contributed by atoms with Crippen LogP contribution in [0.2, 0.25) is 0 Å². The van der Waals surface area contributed by atoms with Gasteiger partial charge in [0.2, 0.25) is 0 Å². The van der Waals surface area contributed by atoms with E-state index in [1.807, 2.05) is 7.05 Å². The molecule has 0 saturated carbocycles. The van der Waals surface area contributed by atoms with Gasteiger partial charge in [-0.05, 0) is 26.3 Å². The third-order valence-electron chi connectivity index (χ3n) is 3.59. The van der Waals surface area contributed by atoms with E-state index in [0.717, 1.165) is 49.9 Å². The minimum Gasteiger partial charge on any atom is -0.378 e. The average molecular weight is 313 g/mol. The molecule has 120 valence electrons. The summed E-state index contributed by atoms with van der Waals surface area (Å²) < 4.78 is 11.2. The first-order valence-corrected chi connectivity index (χ1v) is 8.58. The molecule has 6 heteroatoms. The highest BCUT2D eigenvalue weighted by Gasteiger charge is 2.23. The lowest BCUT2D eigenvalue weighted by Crippen LogP contribution is -2.39. The van der Waals surface area contributed by atoms with Gasteiger partial charge in [-0.2, -0.15) is 0 Å². The van der Waals surface area contributed by atoms with Gasteiger partial charge in [0.1, 0.15) is 0 Å². The fraction of sp³-hybridized carbons (Fsp3) is 0.800. The fourth-order valence-electron chi connectivity index (χ4n) is 2.59. The van der Waals surface area contributed by atoms with E-state index in [1.54, 1.807) is 18.4 Å². The summed E-state index contributed by atoms with van der Waals surface area (Å²) in [5.74, 6) is 0. The maximum Gasteiger partial charge on any atom is 0.186 e. The molecule has 21 heavy (non-hydrogen) atoms. The van der Waals surface area contributed by atoms with Gasteiger partial charge in [-0.1, -0.05) is 6.92 Å². The van der Waals surface area contributed by atoms with Gasteiger partial charge in [-0.15, -0.1) is 11.3 Å². The first-order chi connectivity index (χ1) is 10.3. The SMILES string of the molecule is CCCOC1CCCN(c2nc(COC)c(CNC)s2)C1. The van der Waals surface area contributed by atoms with Gasteiger partial charge in [0.25, 0.3) is 0 Å². The summed E-state index contributed by atoms with van der Waals surface area (Å²) in [5, 5.41) is 4.32. The van der Waals surface area contributed by atoms with Gasteiger partial charge in [-0.25, -0.2) is 4.98 Å². The minimum atomic E-state index is 0.348. The summed E-state index contributed by atoms with van der Waals surface area (Å²) in [4.78, 5) is 8.42. The number of methoxy groups -OCH3 is 1. The second kappa shape index (κ2) is 8.68. The number of nitrogens with one attached hydrogen (secondary N) is 1. The van der Waals surface area contributed by atoms with Crippen molar-refractivity contribution in [2.75, 3.05) is 38.8 Å². The molecule has 0 aliphatic carbocycles. The Labute approximate surface area is 131 Å². The lowest BCUT2D eigenvalue weighted by Gasteiger charge is -2.32. The van der Waals surface area contributed by atoms with E-state index in [0.29, 0.717) is 12.7 Å². The van der Waals surface area contributed by atoms with Crippen LogP contribution in [-0.2, 0) is 22.6 Å². The molecule has 5 nitrogen and oxygen atoms in total. The zero-order chi connectivity index (χ0) is 15.1. The predicted molar refractivity (Wildman–Crippen MR) is 87.1 cm³/mol. The van der Waals surface area contributed by atoms with E-state index in [-0.39, 0.29) is 0 Å². The molecule has 1 aliphatic rings. The van der Waals surface area contributed by atoms with Crippen molar-refractivity contribution in [1.29, 1.82) is 0 Å². The fourth-order valence-corrected chi connectivity index (χ4v) is 3.70. The smallest absolute Gasteiger partial charge is 0.186 e. The van der Waals surface area contributed by atoms with Crippen LogP contribution in [-0.4, -0.2) is 44.9 Å². The molecule has 0 radical (unpaired) electrons. The molecular formula is C15H27N3O2S. The van der Waals surface area contributed by atoms with Crippen molar-refractivity contribution in [3.8, 4) is 0 Å². The van der Waals surface area contributed by atoms with Crippen LogP contribution < -0.4 is 10.2 Å². The van der Waals surface area contributed by atoms with Crippen molar-refractivity contribution in [2.24, 2.45) is 0 Å². The van der Waals surface area contributed by atoms with Crippen LogP contribution in [0.4, 0.5) is 5.13 Å². The van der Waals surface area contributed by atoms with Crippen molar-refractivity contribution >= 4 is 16.5 Å². The molecule has 0 amide bonds. The average Bonchev–Trinajstić information content (AvgIpc) is 2.89. The van der Waals surface area contributed by atoms with E-state index in [1.165, 1.54) is 11.3 Å². The molecule has 1 aromatic rings. The first kappa shape index (κ1) is 16.7. The molecule has 1 aromatic heterocycles. The molecule has 1 aliphatic heterocycles. The Morgan fingerprint density at radius 3 is 3.05 bits per heavy atom. The van der Waals surface area contributed by atoms with E-state index in [2.05, 4.69) is 17.1 Å². The maximum atomic E-state index is 5.91. The highest BCUT2D eigenvalue weighted by molar-refractivity contribution is 7.15. The van der Waals surface area contributed by atoms with Gasteiger partial charge in [0.15, 0.2) is 5.13 Å². The summed E-state index contributed by atoms with van der Waals surface area (Å²) in [6, 6.07) is 0. The molecule has 0 aromatic carbocycles. The zero-order valence-corrected chi connectivity index (χ0v) is 14.2. The molecule has 1 atom stereocenters.